The van der Waals surface area contributed by atoms with Crippen LogP contribution in [0.5, 0.6) is 5.75 Å². The molecule has 1 aromatic heterocycles. The molecule has 0 aliphatic carbocycles. The predicted molar refractivity (Wildman–Crippen MR) is 64.8 cm³/mol. The minimum Gasteiger partial charge on any atom is -0.506 e. The van der Waals surface area contributed by atoms with E-state index in [9.17, 15) is 9.90 Å². The van der Waals surface area contributed by atoms with E-state index in [0.29, 0.717) is 12.1 Å². The smallest absolute Gasteiger partial charge is 0.228 e. The summed E-state index contributed by atoms with van der Waals surface area (Å²) in [6, 6.07) is 8.60. The quantitative estimate of drug-likeness (QED) is 0.801. The maximum absolute atomic E-state index is 11.6. The molecule has 16 heavy (non-hydrogen) atoms. The van der Waals surface area contributed by atoms with Crippen molar-refractivity contribution >= 4 is 22.9 Å². The fourth-order valence-electron chi connectivity index (χ4n) is 1.35. The number of phenols is 1. The van der Waals surface area contributed by atoms with Crippen molar-refractivity contribution in [1.29, 1.82) is 0 Å². The maximum atomic E-state index is 11.6. The molecule has 1 aromatic carbocycles. The first kappa shape index (κ1) is 10.7. The first-order valence-electron chi connectivity index (χ1n) is 4.84. The van der Waals surface area contributed by atoms with Crippen molar-refractivity contribution in [2.45, 2.75) is 6.42 Å². The number of thiophene rings is 1. The molecule has 0 unspecified atom stereocenters. The van der Waals surface area contributed by atoms with Gasteiger partial charge >= 0.3 is 0 Å². The van der Waals surface area contributed by atoms with E-state index in [4.69, 9.17) is 0 Å². The zero-order chi connectivity index (χ0) is 11.4. The molecular formula is C12H11NO2S. The summed E-state index contributed by atoms with van der Waals surface area (Å²) in [6.45, 7) is 0. The van der Waals surface area contributed by atoms with Gasteiger partial charge in [-0.05, 0) is 34.5 Å². The average Bonchev–Trinajstić information content (AvgIpc) is 2.74. The Bertz CT molecular complexity index is 480. The van der Waals surface area contributed by atoms with Gasteiger partial charge in [0.15, 0.2) is 0 Å². The molecule has 0 aliphatic heterocycles. The Morgan fingerprint density at radius 1 is 1.31 bits per heavy atom. The molecule has 0 aliphatic rings. The molecule has 0 saturated carbocycles. The highest BCUT2D eigenvalue weighted by atomic mass is 32.1. The fraction of sp³-hybridized carbons (Fsp3) is 0.0833. The molecule has 0 fully saturated rings. The third-order valence-corrected chi connectivity index (χ3v) is 2.85. The van der Waals surface area contributed by atoms with E-state index < -0.39 is 0 Å². The van der Waals surface area contributed by atoms with E-state index in [2.05, 4.69) is 5.32 Å². The second-order valence-corrected chi connectivity index (χ2v) is 4.15. The van der Waals surface area contributed by atoms with E-state index in [-0.39, 0.29) is 11.7 Å². The number of anilines is 1. The molecule has 3 nitrogen and oxygen atoms in total. The van der Waals surface area contributed by atoms with E-state index in [1.165, 1.54) is 0 Å². The summed E-state index contributed by atoms with van der Waals surface area (Å²) in [7, 11) is 0. The largest absolute Gasteiger partial charge is 0.506 e. The van der Waals surface area contributed by atoms with Crippen LogP contribution in [0.1, 0.15) is 5.56 Å². The summed E-state index contributed by atoms with van der Waals surface area (Å²) in [6.07, 6.45) is 0.331. The first-order valence-corrected chi connectivity index (χ1v) is 5.79. The molecule has 0 saturated heterocycles. The number of para-hydroxylation sites is 2. The van der Waals surface area contributed by atoms with Gasteiger partial charge in [-0.15, -0.1) is 0 Å². The highest BCUT2D eigenvalue weighted by Gasteiger charge is 2.06. The van der Waals surface area contributed by atoms with E-state index in [1.54, 1.807) is 35.6 Å². The van der Waals surface area contributed by atoms with Crippen LogP contribution in [0.15, 0.2) is 41.1 Å². The number of hydrogen-bond donors (Lipinski definition) is 2. The summed E-state index contributed by atoms with van der Waals surface area (Å²) < 4.78 is 0. The molecule has 4 heteroatoms. The summed E-state index contributed by atoms with van der Waals surface area (Å²) in [5, 5.41) is 16.0. The van der Waals surface area contributed by atoms with Crippen LogP contribution in [0.25, 0.3) is 0 Å². The third-order valence-electron chi connectivity index (χ3n) is 2.12. The summed E-state index contributed by atoms with van der Waals surface area (Å²) in [5.41, 5.74) is 1.43. The molecule has 0 bridgehead atoms. The van der Waals surface area contributed by atoms with Gasteiger partial charge in [0.25, 0.3) is 0 Å². The van der Waals surface area contributed by atoms with E-state index >= 15 is 0 Å². The molecule has 2 rings (SSSR count). The number of nitrogens with one attached hydrogen (secondary N) is 1. The Labute approximate surface area is 97.4 Å². The Morgan fingerprint density at radius 3 is 2.81 bits per heavy atom. The van der Waals surface area contributed by atoms with E-state index in [0.717, 1.165) is 5.56 Å². The summed E-state index contributed by atoms with van der Waals surface area (Å²) >= 11 is 1.56. The Morgan fingerprint density at radius 2 is 2.12 bits per heavy atom. The lowest BCUT2D eigenvalue weighted by molar-refractivity contribution is -0.115. The summed E-state index contributed by atoms with van der Waals surface area (Å²) in [5.74, 6) is -0.0407. The number of rotatable bonds is 3. The monoisotopic (exact) mass is 233 g/mol. The second-order valence-electron chi connectivity index (χ2n) is 3.37. The normalized spacial score (nSPS) is 10.0. The SMILES string of the molecule is O=C(Cc1ccsc1)Nc1ccccc1O. The number of benzene rings is 1. The van der Waals surface area contributed by atoms with Crippen LogP contribution < -0.4 is 5.32 Å². The van der Waals surface area contributed by atoms with Crippen LogP contribution in [0.2, 0.25) is 0 Å². The van der Waals surface area contributed by atoms with Crippen molar-refractivity contribution in [2.24, 2.45) is 0 Å². The van der Waals surface area contributed by atoms with Crippen molar-refractivity contribution in [3.8, 4) is 5.75 Å². The lowest BCUT2D eigenvalue weighted by Crippen LogP contribution is -2.13. The van der Waals surface area contributed by atoms with Gasteiger partial charge in [0.2, 0.25) is 5.91 Å². The lowest BCUT2D eigenvalue weighted by Gasteiger charge is -2.05. The van der Waals surface area contributed by atoms with Crippen LogP contribution in [0, 0.1) is 0 Å². The predicted octanol–water partition coefficient (Wildman–Crippen LogP) is 2.63. The average molecular weight is 233 g/mol. The number of hydrogen-bond acceptors (Lipinski definition) is 3. The minimum absolute atomic E-state index is 0.0844. The van der Waals surface area contributed by atoms with Gasteiger partial charge < -0.3 is 10.4 Å². The van der Waals surface area contributed by atoms with Crippen LogP contribution in [0.3, 0.4) is 0 Å². The molecule has 82 valence electrons. The van der Waals surface area contributed by atoms with Crippen molar-refractivity contribution in [1.82, 2.24) is 0 Å². The molecule has 0 radical (unpaired) electrons. The molecular weight excluding hydrogens is 222 g/mol. The van der Waals surface area contributed by atoms with Gasteiger partial charge in [0, 0.05) is 0 Å². The maximum Gasteiger partial charge on any atom is 0.228 e. The Balaban J connectivity index is 2.00. The molecule has 2 aromatic rings. The molecule has 1 heterocycles. The number of phenolic OH excluding ortho intramolecular Hbond substituents is 1. The number of aromatic hydroxyl groups is 1. The Hall–Kier alpha value is -1.81. The highest BCUT2D eigenvalue weighted by molar-refractivity contribution is 7.08. The number of carbonyl (C=O) groups excluding carboxylic acids is 1. The van der Waals surface area contributed by atoms with Crippen molar-refractivity contribution in [3.63, 3.8) is 0 Å². The lowest BCUT2D eigenvalue weighted by atomic mass is 10.2. The van der Waals surface area contributed by atoms with Crippen LogP contribution in [-0.2, 0) is 11.2 Å². The van der Waals surface area contributed by atoms with Gasteiger partial charge in [-0.2, -0.15) is 11.3 Å². The van der Waals surface area contributed by atoms with Gasteiger partial charge in [-0.25, -0.2) is 0 Å². The molecule has 2 N–H and O–H groups in total. The van der Waals surface area contributed by atoms with Gasteiger partial charge in [-0.3, -0.25) is 4.79 Å². The van der Waals surface area contributed by atoms with Gasteiger partial charge in [-0.1, -0.05) is 12.1 Å². The topological polar surface area (TPSA) is 49.3 Å². The first-order chi connectivity index (χ1) is 7.75. The number of carbonyl (C=O) groups is 1. The van der Waals surface area contributed by atoms with Gasteiger partial charge in [0.1, 0.15) is 5.75 Å². The molecule has 1 amide bonds. The zero-order valence-corrected chi connectivity index (χ0v) is 9.33. The summed E-state index contributed by atoms with van der Waals surface area (Å²) in [4.78, 5) is 11.6. The van der Waals surface area contributed by atoms with Crippen LogP contribution >= 0.6 is 11.3 Å². The van der Waals surface area contributed by atoms with Crippen molar-refractivity contribution in [3.05, 3.63) is 46.7 Å². The fourth-order valence-corrected chi connectivity index (χ4v) is 2.02. The second kappa shape index (κ2) is 4.81. The zero-order valence-electron chi connectivity index (χ0n) is 8.51. The highest BCUT2D eigenvalue weighted by Crippen LogP contribution is 2.21. The van der Waals surface area contributed by atoms with Gasteiger partial charge in [0.05, 0.1) is 12.1 Å². The standard InChI is InChI=1S/C12H11NO2S/c14-11-4-2-1-3-10(11)13-12(15)7-9-5-6-16-8-9/h1-6,8,14H,7H2,(H,13,15). The minimum atomic E-state index is -0.125. The Kier molecular flexibility index (Phi) is 3.22. The van der Waals surface area contributed by atoms with Crippen molar-refractivity contribution in [2.75, 3.05) is 5.32 Å². The van der Waals surface area contributed by atoms with Crippen LogP contribution in [0.4, 0.5) is 5.69 Å². The number of amides is 1. The van der Waals surface area contributed by atoms with Crippen LogP contribution in [-0.4, -0.2) is 11.0 Å². The molecule has 0 atom stereocenters. The van der Waals surface area contributed by atoms with Crippen molar-refractivity contribution < 1.29 is 9.90 Å². The molecule has 0 spiro atoms. The third kappa shape index (κ3) is 2.61. The van der Waals surface area contributed by atoms with E-state index in [1.807, 2.05) is 16.8 Å².